The van der Waals surface area contributed by atoms with Crippen LogP contribution >= 0.6 is 0 Å². The highest BCUT2D eigenvalue weighted by Gasteiger charge is 2.63. The highest BCUT2D eigenvalue weighted by molar-refractivity contribution is 5.53. The Bertz CT molecular complexity index is 1120. The van der Waals surface area contributed by atoms with Gasteiger partial charge >= 0.3 is 0 Å². The Kier molecular flexibility index (Phi) is 5.14. The molecule has 2 aliphatic heterocycles. The Balaban J connectivity index is 1.23. The molecule has 6 heteroatoms. The second kappa shape index (κ2) is 8.06. The molecular formula is C29H40N4O2. The molecule has 2 bridgehead atoms. The summed E-state index contributed by atoms with van der Waals surface area (Å²) in [5.74, 6) is 1.84. The first-order chi connectivity index (χ1) is 16.9. The molecule has 4 fully saturated rings. The Morgan fingerprint density at radius 2 is 1.83 bits per heavy atom. The highest BCUT2D eigenvalue weighted by atomic mass is 16.3. The number of piperidine rings is 1. The fourth-order valence-corrected chi connectivity index (χ4v) is 7.77. The third-order valence-corrected chi connectivity index (χ3v) is 10.1. The molecule has 0 unspecified atom stereocenters. The lowest BCUT2D eigenvalue weighted by Gasteiger charge is -2.61. The number of phenolic OH excluding ortho intramolecular Hbond substituents is 1. The molecule has 3 heterocycles. The van der Waals surface area contributed by atoms with E-state index < -0.39 is 5.60 Å². The van der Waals surface area contributed by atoms with Crippen molar-refractivity contribution in [2.45, 2.75) is 87.8 Å². The first-order valence-electron chi connectivity index (χ1n) is 14.0. The zero-order valence-corrected chi connectivity index (χ0v) is 21.1. The van der Waals surface area contributed by atoms with Crippen LogP contribution in [-0.2, 0) is 18.4 Å². The molecule has 2 N–H and O–H groups in total. The number of fused-ring (bicyclic) bond motifs is 1. The van der Waals surface area contributed by atoms with Crippen LogP contribution in [0.5, 0.6) is 5.75 Å². The van der Waals surface area contributed by atoms with E-state index in [4.69, 9.17) is 0 Å². The number of aromatic nitrogens is 2. The van der Waals surface area contributed by atoms with Crippen LogP contribution in [0.25, 0.3) is 0 Å². The average Bonchev–Trinajstić information content (AvgIpc) is 3.75. The number of aromatic hydroxyl groups is 1. The van der Waals surface area contributed by atoms with E-state index in [0.29, 0.717) is 11.7 Å². The third-order valence-electron chi connectivity index (χ3n) is 10.1. The lowest BCUT2D eigenvalue weighted by atomic mass is 9.52. The number of rotatable bonds is 6. The van der Waals surface area contributed by atoms with Gasteiger partial charge in [-0.2, -0.15) is 5.10 Å². The quantitative estimate of drug-likeness (QED) is 0.667. The van der Waals surface area contributed by atoms with Gasteiger partial charge in [-0.3, -0.25) is 9.58 Å². The van der Waals surface area contributed by atoms with E-state index in [2.05, 4.69) is 40.2 Å². The van der Waals surface area contributed by atoms with Crippen molar-refractivity contribution in [1.29, 1.82) is 0 Å². The summed E-state index contributed by atoms with van der Waals surface area (Å²) in [7, 11) is 0. The third kappa shape index (κ3) is 3.67. The molecule has 0 spiro atoms. The standard InChI is InChI=1S/C29H40N4O2/c1-20-17-30-33(18-20)13-12-31-9-6-28-7-11-32(19-21-2-3-21)27(29(28,35)8-10-31)15-23-14-24(22-4-5-22)26(34)16-25(23)28/h14,16-18,21-22,27,34-35H,2-13,15,19H2,1H3/t27-,28+,29-/m1/s1. The van der Waals surface area contributed by atoms with Crippen LogP contribution in [0.2, 0.25) is 0 Å². The van der Waals surface area contributed by atoms with E-state index in [-0.39, 0.29) is 11.5 Å². The lowest BCUT2D eigenvalue weighted by molar-refractivity contribution is -0.149. The van der Waals surface area contributed by atoms with Crippen molar-refractivity contribution in [1.82, 2.24) is 19.6 Å². The molecular weight excluding hydrogens is 436 g/mol. The van der Waals surface area contributed by atoms with Gasteiger partial charge in [-0.1, -0.05) is 6.07 Å². The van der Waals surface area contributed by atoms with Crippen molar-refractivity contribution in [3.8, 4) is 5.75 Å². The minimum absolute atomic E-state index is 0.190. The summed E-state index contributed by atoms with van der Waals surface area (Å²) >= 11 is 0. The maximum atomic E-state index is 12.7. The fraction of sp³-hybridized carbons (Fsp3) is 0.690. The fourth-order valence-electron chi connectivity index (χ4n) is 7.77. The van der Waals surface area contributed by atoms with E-state index in [1.807, 2.05) is 10.9 Å². The number of nitrogens with zero attached hydrogens (tertiary/aromatic N) is 4. The summed E-state index contributed by atoms with van der Waals surface area (Å²) in [5, 5.41) is 28.2. The number of aryl methyl sites for hydroxylation is 1. The van der Waals surface area contributed by atoms with Crippen LogP contribution < -0.4 is 0 Å². The first kappa shape index (κ1) is 22.3. The molecule has 3 aliphatic carbocycles. The van der Waals surface area contributed by atoms with Crippen LogP contribution in [-0.4, -0.2) is 74.2 Å². The Hall–Kier alpha value is -1.89. The zero-order valence-electron chi connectivity index (χ0n) is 21.1. The summed E-state index contributed by atoms with van der Waals surface area (Å²) in [6.45, 7) is 8.07. The van der Waals surface area contributed by atoms with Crippen LogP contribution in [0, 0.1) is 12.8 Å². The molecule has 7 rings (SSSR count). The molecule has 35 heavy (non-hydrogen) atoms. The van der Waals surface area contributed by atoms with Crippen LogP contribution in [0.1, 0.15) is 73.1 Å². The van der Waals surface area contributed by atoms with E-state index in [9.17, 15) is 10.2 Å². The Labute approximate surface area is 208 Å². The predicted molar refractivity (Wildman–Crippen MR) is 136 cm³/mol. The van der Waals surface area contributed by atoms with Gasteiger partial charge in [0.25, 0.3) is 0 Å². The van der Waals surface area contributed by atoms with Gasteiger partial charge in [0.15, 0.2) is 0 Å². The van der Waals surface area contributed by atoms with Gasteiger partial charge in [0.05, 0.1) is 18.3 Å². The molecule has 1 aromatic heterocycles. The summed E-state index contributed by atoms with van der Waals surface area (Å²) in [6.07, 6.45) is 12.8. The molecule has 2 saturated heterocycles. The smallest absolute Gasteiger partial charge is 0.119 e. The average molecular weight is 477 g/mol. The Morgan fingerprint density at radius 1 is 1.03 bits per heavy atom. The van der Waals surface area contributed by atoms with Gasteiger partial charge in [0.1, 0.15) is 5.75 Å². The summed E-state index contributed by atoms with van der Waals surface area (Å²) < 4.78 is 2.04. The second-order valence-corrected chi connectivity index (χ2v) is 12.4. The molecule has 0 radical (unpaired) electrons. The molecule has 188 valence electrons. The molecule has 6 nitrogen and oxygen atoms in total. The van der Waals surface area contributed by atoms with Gasteiger partial charge < -0.3 is 15.1 Å². The normalized spacial score (nSPS) is 33.3. The topological polar surface area (TPSA) is 64.8 Å². The predicted octanol–water partition coefficient (Wildman–Crippen LogP) is 3.58. The molecule has 5 aliphatic rings. The number of hydrogen-bond donors (Lipinski definition) is 2. The molecule has 3 atom stereocenters. The molecule has 2 aromatic rings. The SMILES string of the molecule is Cc1cnn(CCN2CC[C@]34CCN(CC5CC5)[C@H](Cc5cc(C6CC6)c(O)cc53)[C@]4(O)CC2)c1. The second-order valence-electron chi connectivity index (χ2n) is 12.4. The van der Waals surface area contributed by atoms with Gasteiger partial charge in [0, 0.05) is 37.3 Å². The van der Waals surface area contributed by atoms with Crippen molar-refractivity contribution >= 4 is 0 Å². The molecule has 0 amide bonds. The van der Waals surface area contributed by atoms with Gasteiger partial charge in [-0.15, -0.1) is 0 Å². The van der Waals surface area contributed by atoms with Gasteiger partial charge in [-0.05, 0) is 112 Å². The van der Waals surface area contributed by atoms with E-state index >= 15 is 0 Å². The molecule has 1 aromatic carbocycles. The lowest BCUT2D eigenvalue weighted by Crippen LogP contribution is -2.71. The zero-order chi connectivity index (χ0) is 23.8. The monoisotopic (exact) mass is 476 g/mol. The van der Waals surface area contributed by atoms with E-state index in [1.54, 1.807) is 0 Å². The minimum Gasteiger partial charge on any atom is -0.508 e. The minimum atomic E-state index is -0.738. The van der Waals surface area contributed by atoms with Gasteiger partial charge in [-0.25, -0.2) is 0 Å². The van der Waals surface area contributed by atoms with Crippen molar-refractivity contribution in [2.75, 3.05) is 32.7 Å². The van der Waals surface area contributed by atoms with E-state index in [1.165, 1.54) is 42.4 Å². The number of hydrogen-bond acceptors (Lipinski definition) is 5. The summed E-state index contributed by atoms with van der Waals surface area (Å²) in [6, 6.07) is 4.61. The van der Waals surface area contributed by atoms with Crippen molar-refractivity contribution in [3.05, 3.63) is 46.8 Å². The van der Waals surface area contributed by atoms with Crippen LogP contribution in [0.4, 0.5) is 0 Å². The number of aliphatic hydroxyl groups is 1. The summed E-state index contributed by atoms with van der Waals surface area (Å²) in [4.78, 5) is 5.20. The maximum Gasteiger partial charge on any atom is 0.119 e. The van der Waals surface area contributed by atoms with Crippen LogP contribution in [0.3, 0.4) is 0 Å². The number of likely N-dealkylation sites (tertiary alicyclic amines) is 2. The van der Waals surface area contributed by atoms with Crippen molar-refractivity contribution in [2.24, 2.45) is 5.92 Å². The highest BCUT2D eigenvalue weighted by Crippen LogP contribution is 2.58. The summed E-state index contributed by atoms with van der Waals surface area (Å²) in [5.41, 5.74) is 4.02. The number of benzene rings is 1. The first-order valence-corrected chi connectivity index (χ1v) is 14.0. The maximum absolute atomic E-state index is 12.7. The van der Waals surface area contributed by atoms with Crippen molar-refractivity contribution < 1.29 is 10.2 Å². The largest absolute Gasteiger partial charge is 0.508 e. The molecule has 2 saturated carbocycles. The van der Waals surface area contributed by atoms with Gasteiger partial charge in [0.2, 0.25) is 0 Å². The van der Waals surface area contributed by atoms with E-state index in [0.717, 1.165) is 76.4 Å². The van der Waals surface area contributed by atoms with Crippen molar-refractivity contribution in [3.63, 3.8) is 0 Å². The number of phenols is 1. The van der Waals surface area contributed by atoms with Crippen LogP contribution in [0.15, 0.2) is 24.5 Å². The Morgan fingerprint density at radius 3 is 2.57 bits per heavy atom.